The van der Waals surface area contributed by atoms with Crippen molar-refractivity contribution in [2.24, 2.45) is 5.73 Å². The lowest BCUT2D eigenvalue weighted by atomic mass is 10.3. The summed E-state index contributed by atoms with van der Waals surface area (Å²) in [5.41, 5.74) is 6.99. The van der Waals surface area contributed by atoms with Crippen molar-refractivity contribution in [2.45, 2.75) is 6.92 Å². The predicted molar refractivity (Wildman–Crippen MR) is 51.9 cm³/mol. The Bertz CT molecular complexity index is 296. The van der Waals surface area contributed by atoms with Gasteiger partial charge in [0.25, 0.3) is 0 Å². The van der Waals surface area contributed by atoms with Gasteiger partial charge in [-0.2, -0.15) is 0 Å². The SMILES string of the molecule is CC(N)=O.O=[N+]([O-])Nc1ccccc1. The van der Waals surface area contributed by atoms with Crippen LogP contribution in [0.15, 0.2) is 30.3 Å². The standard InChI is InChI=1S/C6H6N2O2.C2H5NO/c9-8(10)7-6-4-2-1-3-5-6;1-2(3)4/h1-5,7H;1H3,(H2,3,4). The zero-order valence-corrected chi connectivity index (χ0v) is 7.64. The Labute approximate surface area is 80.8 Å². The van der Waals surface area contributed by atoms with Gasteiger partial charge < -0.3 is 5.73 Å². The Morgan fingerprint density at radius 1 is 1.43 bits per heavy atom. The lowest BCUT2D eigenvalue weighted by molar-refractivity contribution is -0.445. The topological polar surface area (TPSA) is 98.3 Å². The first kappa shape index (κ1) is 11.9. The quantitative estimate of drug-likeness (QED) is 0.540. The van der Waals surface area contributed by atoms with Crippen molar-refractivity contribution in [1.29, 1.82) is 0 Å². The van der Waals surface area contributed by atoms with Crippen molar-refractivity contribution in [3.05, 3.63) is 40.4 Å². The molecule has 0 spiro atoms. The van der Waals surface area contributed by atoms with Crippen LogP contribution in [0.1, 0.15) is 6.92 Å². The number of nitrogens with two attached hydrogens (primary N) is 1. The Morgan fingerprint density at radius 2 is 1.86 bits per heavy atom. The second-order valence-electron chi connectivity index (χ2n) is 2.35. The zero-order valence-electron chi connectivity index (χ0n) is 7.64. The molecule has 0 aliphatic rings. The third-order valence-electron chi connectivity index (χ3n) is 0.994. The molecule has 1 aromatic carbocycles. The van der Waals surface area contributed by atoms with Gasteiger partial charge in [-0.05, 0) is 12.1 Å². The summed E-state index contributed by atoms with van der Waals surface area (Å²) < 4.78 is 0. The van der Waals surface area contributed by atoms with Gasteiger partial charge in [0.2, 0.25) is 5.91 Å². The molecule has 0 saturated heterocycles. The van der Waals surface area contributed by atoms with E-state index in [9.17, 15) is 14.9 Å². The van der Waals surface area contributed by atoms with E-state index in [-0.39, 0.29) is 5.91 Å². The molecule has 0 heterocycles. The number of anilines is 1. The van der Waals surface area contributed by atoms with Crippen molar-refractivity contribution < 1.29 is 9.83 Å². The highest BCUT2D eigenvalue weighted by Gasteiger charge is 1.93. The van der Waals surface area contributed by atoms with Crippen LogP contribution in [0.2, 0.25) is 0 Å². The second-order valence-corrected chi connectivity index (χ2v) is 2.35. The Balaban J connectivity index is 0.000000364. The van der Waals surface area contributed by atoms with E-state index in [0.29, 0.717) is 5.69 Å². The Morgan fingerprint density at radius 3 is 2.21 bits per heavy atom. The van der Waals surface area contributed by atoms with Crippen molar-refractivity contribution >= 4 is 11.6 Å². The fraction of sp³-hybridized carbons (Fsp3) is 0.125. The molecule has 6 heteroatoms. The number of carbonyl (C=O) groups excluding carboxylic acids is 1. The summed E-state index contributed by atoms with van der Waals surface area (Å²) in [7, 11) is 0. The summed E-state index contributed by atoms with van der Waals surface area (Å²) in [5.74, 6) is -0.333. The molecule has 0 radical (unpaired) electrons. The number of nitro groups is 1. The summed E-state index contributed by atoms with van der Waals surface area (Å²) in [6.45, 7) is 1.31. The van der Waals surface area contributed by atoms with Crippen LogP contribution in [0.25, 0.3) is 0 Å². The van der Waals surface area contributed by atoms with Crippen LogP contribution >= 0.6 is 0 Å². The average Bonchev–Trinajstić information content (AvgIpc) is 2.03. The molecule has 3 N–H and O–H groups in total. The van der Waals surface area contributed by atoms with Crippen LogP contribution < -0.4 is 11.2 Å². The minimum absolute atomic E-state index is 0.333. The third-order valence-corrected chi connectivity index (χ3v) is 0.994. The smallest absolute Gasteiger partial charge is 0.214 e. The number of amides is 1. The Hall–Kier alpha value is -2.11. The predicted octanol–water partition coefficient (Wildman–Crippen LogP) is 0.782. The minimum atomic E-state index is -0.588. The fourth-order valence-corrected chi connectivity index (χ4v) is 0.618. The van der Waals surface area contributed by atoms with E-state index >= 15 is 0 Å². The lowest BCUT2D eigenvalue weighted by Crippen LogP contribution is -2.06. The number of benzene rings is 1. The molecule has 0 bridgehead atoms. The van der Waals surface area contributed by atoms with E-state index in [1.54, 1.807) is 30.3 Å². The second kappa shape index (κ2) is 6.41. The minimum Gasteiger partial charge on any atom is -0.370 e. The van der Waals surface area contributed by atoms with Crippen LogP contribution in [0.3, 0.4) is 0 Å². The first-order valence-electron chi connectivity index (χ1n) is 3.74. The largest absolute Gasteiger partial charge is 0.370 e. The van der Waals surface area contributed by atoms with Crippen molar-refractivity contribution in [3.8, 4) is 0 Å². The van der Waals surface area contributed by atoms with Gasteiger partial charge in [-0.3, -0.25) is 4.79 Å². The van der Waals surface area contributed by atoms with Crippen LogP contribution in [-0.2, 0) is 4.79 Å². The molecule has 1 amide bonds. The molecule has 0 aliphatic carbocycles. The molecule has 0 unspecified atom stereocenters. The van der Waals surface area contributed by atoms with E-state index in [4.69, 9.17) is 0 Å². The summed E-state index contributed by atoms with van der Waals surface area (Å²) >= 11 is 0. The normalized spacial score (nSPS) is 8.07. The van der Waals surface area contributed by atoms with Gasteiger partial charge in [-0.15, -0.1) is 5.43 Å². The highest BCUT2D eigenvalue weighted by atomic mass is 16.7. The van der Waals surface area contributed by atoms with Gasteiger partial charge in [-0.25, -0.2) is 10.1 Å². The first-order valence-corrected chi connectivity index (χ1v) is 3.74. The van der Waals surface area contributed by atoms with E-state index in [1.807, 2.05) is 5.43 Å². The number of hydrogen-bond donors (Lipinski definition) is 2. The van der Waals surface area contributed by atoms with Crippen LogP contribution in [0.4, 0.5) is 5.69 Å². The number of primary amides is 1. The maximum Gasteiger partial charge on any atom is 0.214 e. The number of para-hydroxylation sites is 1. The summed E-state index contributed by atoms with van der Waals surface area (Å²) in [4.78, 5) is 19.1. The molecule has 1 aromatic rings. The summed E-state index contributed by atoms with van der Waals surface area (Å²) in [6, 6.07) is 8.51. The number of rotatable bonds is 2. The number of carbonyl (C=O) groups is 1. The molecule has 14 heavy (non-hydrogen) atoms. The van der Waals surface area contributed by atoms with Gasteiger partial charge in [0.05, 0.1) is 0 Å². The van der Waals surface area contributed by atoms with Crippen LogP contribution in [0, 0.1) is 10.1 Å². The Kier molecular flexibility index (Phi) is 5.44. The lowest BCUT2D eigenvalue weighted by Gasteiger charge is -1.93. The van der Waals surface area contributed by atoms with E-state index < -0.39 is 5.03 Å². The molecular weight excluding hydrogens is 186 g/mol. The number of hydrogen-bond acceptors (Lipinski definition) is 3. The van der Waals surface area contributed by atoms with E-state index in [1.165, 1.54) is 6.92 Å². The van der Waals surface area contributed by atoms with E-state index in [2.05, 4.69) is 5.73 Å². The number of nitrogens with zero attached hydrogens (tertiary/aromatic N) is 1. The maximum atomic E-state index is 9.86. The molecule has 6 nitrogen and oxygen atoms in total. The van der Waals surface area contributed by atoms with Gasteiger partial charge >= 0.3 is 0 Å². The highest BCUT2D eigenvalue weighted by Crippen LogP contribution is 2.03. The third kappa shape index (κ3) is 7.99. The van der Waals surface area contributed by atoms with E-state index in [0.717, 1.165) is 0 Å². The summed E-state index contributed by atoms with van der Waals surface area (Å²) in [6.07, 6.45) is 0. The maximum absolute atomic E-state index is 9.86. The molecule has 0 saturated carbocycles. The number of hydrazine groups is 1. The summed E-state index contributed by atoms with van der Waals surface area (Å²) in [5, 5.41) is 9.28. The number of nitrogens with one attached hydrogen (secondary N) is 1. The molecule has 0 atom stereocenters. The van der Waals surface area contributed by atoms with Gasteiger partial charge in [-0.1, -0.05) is 18.2 Å². The molecule has 0 fully saturated rings. The first-order chi connectivity index (χ1) is 6.52. The van der Waals surface area contributed by atoms with Gasteiger partial charge in [0.15, 0.2) is 5.03 Å². The monoisotopic (exact) mass is 197 g/mol. The molecule has 0 aromatic heterocycles. The molecular formula is C8H11N3O3. The van der Waals surface area contributed by atoms with Crippen molar-refractivity contribution in [2.75, 3.05) is 5.43 Å². The van der Waals surface area contributed by atoms with Gasteiger partial charge in [0, 0.05) is 6.92 Å². The molecule has 0 aliphatic heterocycles. The van der Waals surface area contributed by atoms with Gasteiger partial charge in [0.1, 0.15) is 5.69 Å². The average molecular weight is 197 g/mol. The fourth-order valence-electron chi connectivity index (χ4n) is 0.618. The zero-order chi connectivity index (χ0) is 11.0. The van der Waals surface area contributed by atoms with Crippen LogP contribution in [-0.4, -0.2) is 10.9 Å². The molecule has 76 valence electrons. The van der Waals surface area contributed by atoms with Crippen LogP contribution in [0.5, 0.6) is 0 Å². The molecule has 1 rings (SSSR count). The highest BCUT2D eigenvalue weighted by molar-refractivity contribution is 5.70. The van der Waals surface area contributed by atoms with Crippen molar-refractivity contribution in [1.82, 2.24) is 0 Å². The van der Waals surface area contributed by atoms with Crippen molar-refractivity contribution in [3.63, 3.8) is 0 Å².